The van der Waals surface area contributed by atoms with Crippen LogP contribution < -0.4 is 15.1 Å². The van der Waals surface area contributed by atoms with Crippen molar-refractivity contribution in [3.63, 3.8) is 0 Å². The van der Waals surface area contributed by atoms with Gasteiger partial charge in [-0.05, 0) is 42.7 Å². The van der Waals surface area contributed by atoms with Crippen LogP contribution in [0.2, 0.25) is 5.02 Å². The molecule has 1 aromatic heterocycles. The zero-order valence-corrected chi connectivity index (χ0v) is 21.8. The monoisotopic (exact) mass is 546 g/mol. The Morgan fingerprint density at radius 3 is 2.61 bits per heavy atom. The number of aliphatic hydroxyl groups is 1. The number of benzene rings is 2. The highest BCUT2D eigenvalue weighted by Crippen LogP contribution is 2.33. The Balaban J connectivity index is 1.83. The highest BCUT2D eigenvalue weighted by Gasteiger charge is 2.25. The van der Waals surface area contributed by atoms with Crippen LogP contribution in [0.3, 0.4) is 0 Å². The summed E-state index contributed by atoms with van der Waals surface area (Å²) in [5, 5.41) is 19.9. The van der Waals surface area contributed by atoms with Crippen molar-refractivity contribution in [3.8, 4) is 5.75 Å². The lowest BCUT2D eigenvalue weighted by atomic mass is 9.99. The van der Waals surface area contributed by atoms with E-state index in [0.29, 0.717) is 48.5 Å². The average molecular weight is 547 g/mol. The number of halogens is 2. The molecule has 2 N–H and O–H groups in total. The molecule has 0 saturated carbocycles. The SMILES string of the molecule is CCOC[C@H](O)Cn1cc(C(=O)O)c(=O)c2cc(Cc3cc(N4CCCC4=O)cc(Cl)c3F)c(OC)cc21. The van der Waals surface area contributed by atoms with Crippen molar-refractivity contribution in [2.24, 2.45) is 0 Å². The predicted molar refractivity (Wildman–Crippen MR) is 140 cm³/mol. The van der Waals surface area contributed by atoms with E-state index in [-0.39, 0.29) is 41.5 Å². The van der Waals surface area contributed by atoms with E-state index in [1.807, 2.05) is 0 Å². The van der Waals surface area contributed by atoms with Crippen molar-refractivity contribution in [2.75, 3.05) is 31.8 Å². The van der Waals surface area contributed by atoms with Crippen molar-refractivity contribution in [1.29, 1.82) is 0 Å². The van der Waals surface area contributed by atoms with Crippen LogP contribution in [0.4, 0.5) is 10.1 Å². The summed E-state index contributed by atoms with van der Waals surface area (Å²) in [6.45, 7) is 2.68. The van der Waals surface area contributed by atoms with E-state index in [1.165, 1.54) is 30.0 Å². The first-order chi connectivity index (χ1) is 18.1. The average Bonchev–Trinajstić information content (AvgIpc) is 3.32. The van der Waals surface area contributed by atoms with E-state index in [9.17, 15) is 24.6 Å². The lowest BCUT2D eigenvalue weighted by Gasteiger charge is -2.20. The zero-order chi connectivity index (χ0) is 27.6. The first-order valence-electron chi connectivity index (χ1n) is 12.2. The molecule has 1 atom stereocenters. The van der Waals surface area contributed by atoms with E-state index < -0.39 is 28.9 Å². The van der Waals surface area contributed by atoms with Crippen LogP contribution >= 0.6 is 11.6 Å². The molecule has 1 aliphatic rings. The van der Waals surface area contributed by atoms with Crippen LogP contribution in [0.15, 0.2) is 35.3 Å². The molecule has 0 spiro atoms. The summed E-state index contributed by atoms with van der Waals surface area (Å²) in [7, 11) is 1.42. The number of methoxy groups -OCH3 is 1. The van der Waals surface area contributed by atoms with E-state index in [2.05, 4.69) is 0 Å². The number of amides is 1. The van der Waals surface area contributed by atoms with Crippen LogP contribution in [0.1, 0.15) is 41.3 Å². The second kappa shape index (κ2) is 11.5. The fourth-order valence-electron chi connectivity index (χ4n) is 4.67. The third-order valence-electron chi connectivity index (χ3n) is 6.49. The number of hydrogen-bond donors (Lipinski definition) is 2. The molecule has 202 valence electrons. The van der Waals surface area contributed by atoms with Gasteiger partial charge in [-0.2, -0.15) is 0 Å². The molecule has 1 amide bonds. The van der Waals surface area contributed by atoms with Gasteiger partial charge in [-0.25, -0.2) is 9.18 Å². The molecule has 3 aromatic rings. The summed E-state index contributed by atoms with van der Waals surface area (Å²) < 4.78 is 27.4. The molecule has 11 heteroatoms. The number of carboxylic acids is 1. The largest absolute Gasteiger partial charge is 0.496 e. The van der Waals surface area contributed by atoms with E-state index in [4.69, 9.17) is 21.1 Å². The van der Waals surface area contributed by atoms with E-state index in [1.54, 1.807) is 24.0 Å². The summed E-state index contributed by atoms with van der Waals surface area (Å²) >= 11 is 6.17. The minimum absolute atomic E-state index is 0.0254. The molecule has 9 nitrogen and oxygen atoms in total. The van der Waals surface area contributed by atoms with Gasteiger partial charge in [0, 0.05) is 49.3 Å². The number of ether oxygens (including phenoxy) is 2. The molecular formula is C27H28ClFN2O7. The predicted octanol–water partition coefficient (Wildman–Crippen LogP) is 3.62. The van der Waals surface area contributed by atoms with Gasteiger partial charge in [-0.15, -0.1) is 0 Å². The van der Waals surface area contributed by atoms with Crippen LogP contribution in [0.25, 0.3) is 10.9 Å². The summed E-state index contributed by atoms with van der Waals surface area (Å²) in [4.78, 5) is 38.7. The quantitative estimate of drug-likeness (QED) is 0.399. The maximum Gasteiger partial charge on any atom is 0.341 e. The number of pyridine rings is 1. The molecule has 2 aromatic carbocycles. The van der Waals surface area contributed by atoms with Gasteiger partial charge >= 0.3 is 5.97 Å². The standard InChI is InChI=1S/C27H28ClFN2O7/c1-3-38-14-18(32)12-30-13-20(27(35)36)26(34)19-9-15(23(37-2)11-22(19)30)7-16-8-17(10-21(28)25(16)29)31-6-4-5-24(31)33/h8-11,13,18,32H,3-7,12,14H2,1-2H3,(H,35,36)/t18-/m1/s1. The molecule has 1 fully saturated rings. The molecule has 2 heterocycles. The highest BCUT2D eigenvalue weighted by molar-refractivity contribution is 6.31. The van der Waals surface area contributed by atoms with Gasteiger partial charge in [0.25, 0.3) is 0 Å². The van der Waals surface area contributed by atoms with Crippen LogP contribution in [0.5, 0.6) is 5.75 Å². The number of hydrogen-bond acceptors (Lipinski definition) is 6. The number of carbonyl (C=O) groups excluding carboxylic acids is 1. The minimum atomic E-state index is -1.41. The lowest BCUT2D eigenvalue weighted by molar-refractivity contribution is -0.117. The smallest absolute Gasteiger partial charge is 0.341 e. The normalized spacial score (nSPS) is 14.3. The molecule has 0 aliphatic carbocycles. The van der Waals surface area contributed by atoms with Gasteiger partial charge in [0.2, 0.25) is 11.3 Å². The first kappa shape index (κ1) is 27.6. The Morgan fingerprint density at radius 2 is 1.97 bits per heavy atom. The molecule has 0 unspecified atom stereocenters. The lowest BCUT2D eigenvalue weighted by Crippen LogP contribution is -2.25. The number of aromatic carboxylic acids is 1. The third kappa shape index (κ3) is 5.52. The van der Waals surface area contributed by atoms with Crippen molar-refractivity contribution < 1.29 is 33.7 Å². The maximum absolute atomic E-state index is 15.1. The minimum Gasteiger partial charge on any atom is -0.496 e. The van der Waals surface area contributed by atoms with Gasteiger partial charge < -0.3 is 29.2 Å². The van der Waals surface area contributed by atoms with Crippen LogP contribution in [-0.2, 0) is 22.5 Å². The summed E-state index contributed by atoms with van der Waals surface area (Å²) in [6, 6.07) is 5.98. The number of nitrogens with zero attached hydrogens (tertiary/aromatic N) is 2. The number of carboxylic acid groups (broad SMARTS) is 1. The maximum atomic E-state index is 15.1. The van der Waals surface area contributed by atoms with Gasteiger partial charge in [-0.1, -0.05) is 11.6 Å². The Kier molecular flexibility index (Phi) is 8.35. The molecule has 0 bridgehead atoms. The summed E-state index contributed by atoms with van der Waals surface area (Å²) in [5.41, 5.74) is 0.231. The van der Waals surface area contributed by atoms with Crippen LogP contribution in [-0.4, -0.2) is 59.6 Å². The van der Waals surface area contributed by atoms with Crippen molar-refractivity contribution >= 4 is 40.1 Å². The molecule has 1 saturated heterocycles. The van der Waals surface area contributed by atoms with Crippen molar-refractivity contribution in [2.45, 2.75) is 38.8 Å². The summed E-state index contributed by atoms with van der Waals surface area (Å²) in [6.07, 6.45) is 1.28. The second-order valence-electron chi connectivity index (χ2n) is 9.05. The summed E-state index contributed by atoms with van der Waals surface area (Å²) in [5.74, 6) is -1.83. The van der Waals surface area contributed by atoms with E-state index in [0.717, 1.165) is 0 Å². The third-order valence-corrected chi connectivity index (χ3v) is 6.76. The fraction of sp³-hybridized carbons (Fsp3) is 0.370. The fourth-order valence-corrected chi connectivity index (χ4v) is 4.90. The Morgan fingerprint density at radius 1 is 1.21 bits per heavy atom. The second-order valence-corrected chi connectivity index (χ2v) is 9.46. The van der Waals surface area contributed by atoms with Crippen molar-refractivity contribution in [1.82, 2.24) is 4.57 Å². The van der Waals surface area contributed by atoms with Gasteiger partial charge in [0.15, 0.2) is 0 Å². The number of fused-ring (bicyclic) bond motifs is 1. The number of carbonyl (C=O) groups is 2. The molecule has 4 rings (SSSR count). The van der Waals surface area contributed by atoms with Gasteiger partial charge in [0.05, 0.1) is 36.9 Å². The number of aliphatic hydroxyl groups excluding tert-OH is 1. The highest BCUT2D eigenvalue weighted by atomic mass is 35.5. The first-order valence-corrected chi connectivity index (χ1v) is 12.5. The topological polar surface area (TPSA) is 118 Å². The van der Waals surface area contributed by atoms with Gasteiger partial charge in [-0.3, -0.25) is 9.59 Å². The molecule has 1 aliphatic heterocycles. The Labute approximate surface area is 223 Å². The zero-order valence-electron chi connectivity index (χ0n) is 21.0. The van der Waals surface area contributed by atoms with Crippen molar-refractivity contribution in [3.05, 3.63) is 68.2 Å². The van der Waals surface area contributed by atoms with Crippen LogP contribution in [0, 0.1) is 5.82 Å². The van der Waals surface area contributed by atoms with Gasteiger partial charge in [0.1, 0.15) is 17.1 Å². The number of anilines is 1. The molecular weight excluding hydrogens is 519 g/mol. The number of aromatic nitrogens is 1. The Bertz CT molecular complexity index is 1460. The number of rotatable bonds is 10. The molecule has 38 heavy (non-hydrogen) atoms. The Hall–Kier alpha value is -3.47. The molecule has 0 radical (unpaired) electrons. The van der Waals surface area contributed by atoms with E-state index >= 15 is 4.39 Å².